The zero-order valence-corrected chi connectivity index (χ0v) is 14.6. The summed E-state index contributed by atoms with van der Waals surface area (Å²) in [6.45, 7) is 3.61. The molecule has 0 spiro atoms. The number of nitrogens with zero attached hydrogens (tertiary/aromatic N) is 4. The molecule has 130 valence electrons. The Balaban J connectivity index is 1.87. The molecule has 2 heterocycles. The number of aryl methyl sites for hydroxylation is 2. The van der Waals surface area contributed by atoms with Crippen LogP contribution in [0.25, 0.3) is 5.78 Å². The molecular formula is C16H15F2N5OS. The van der Waals surface area contributed by atoms with Gasteiger partial charge in [0.2, 0.25) is 11.1 Å². The van der Waals surface area contributed by atoms with Crippen molar-refractivity contribution in [2.75, 3.05) is 11.6 Å². The molecule has 0 aliphatic heterocycles. The molecule has 0 radical (unpaired) electrons. The third-order valence-corrected chi connectivity index (χ3v) is 4.23. The molecule has 0 aliphatic carbocycles. The number of rotatable bonds is 4. The minimum atomic E-state index is -0.752. The second kappa shape index (κ2) is 6.75. The van der Waals surface area contributed by atoms with Gasteiger partial charge in [-0.15, -0.1) is 5.10 Å². The summed E-state index contributed by atoms with van der Waals surface area (Å²) in [5.41, 5.74) is 2.16. The van der Waals surface area contributed by atoms with Crippen molar-refractivity contribution in [1.29, 1.82) is 0 Å². The van der Waals surface area contributed by atoms with E-state index in [0.717, 1.165) is 23.9 Å². The van der Waals surface area contributed by atoms with Crippen LogP contribution < -0.4 is 5.32 Å². The Morgan fingerprint density at radius 3 is 2.52 bits per heavy atom. The number of anilines is 1. The minimum absolute atomic E-state index is 0.00714. The lowest BCUT2D eigenvalue weighted by Crippen LogP contribution is -2.18. The largest absolute Gasteiger partial charge is 0.326 e. The number of benzene rings is 1. The number of carbonyl (C=O) groups is 1. The SMILES string of the molecule is CSc1nc2nc(C)c(CC(=O)Nc3cc(F)cc(F)c3)c(C)n2n1. The van der Waals surface area contributed by atoms with Crippen molar-refractivity contribution in [2.24, 2.45) is 0 Å². The predicted octanol–water partition coefficient (Wildman–Crippen LogP) is 2.92. The van der Waals surface area contributed by atoms with E-state index in [9.17, 15) is 13.6 Å². The van der Waals surface area contributed by atoms with E-state index in [1.165, 1.54) is 11.8 Å². The molecule has 3 rings (SSSR count). The molecule has 0 unspecified atom stereocenters. The maximum Gasteiger partial charge on any atom is 0.253 e. The molecule has 1 amide bonds. The van der Waals surface area contributed by atoms with Crippen LogP contribution in [0.15, 0.2) is 23.4 Å². The first-order chi connectivity index (χ1) is 11.9. The third kappa shape index (κ3) is 3.60. The van der Waals surface area contributed by atoms with Gasteiger partial charge in [-0.2, -0.15) is 4.98 Å². The number of amides is 1. The lowest BCUT2D eigenvalue weighted by atomic mass is 10.1. The fourth-order valence-corrected chi connectivity index (χ4v) is 2.86. The second-order valence-electron chi connectivity index (χ2n) is 5.45. The number of aromatic nitrogens is 4. The average Bonchev–Trinajstić information content (AvgIpc) is 2.93. The summed E-state index contributed by atoms with van der Waals surface area (Å²) in [7, 11) is 0. The topological polar surface area (TPSA) is 72.2 Å². The van der Waals surface area contributed by atoms with Crippen molar-refractivity contribution in [3.8, 4) is 0 Å². The minimum Gasteiger partial charge on any atom is -0.326 e. The lowest BCUT2D eigenvalue weighted by Gasteiger charge is -2.11. The van der Waals surface area contributed by atoms with E-state index in [1.54, 1.807) is 11.4 Å². The Hall–Kier alpha value is -2.55. The molecule has 2 aromatic heterocycles. The van der Waals surface area contributed by atoms with E-state index in [1.807, 2.05) is 13.2 Å². The van der Waals surface area contributed by atoms with E-state index < -0.39 is 17.5 Å². The summed E-state index contributed by atoms with van der Waals surface area (Å²) in [6, 6.07) is 2.87. The fourth-order valence-electron chi connectivity index (χ4n) is 2.52. The zero-order chi connectivity index (χ0) is 18.1. The highest BCUT2D eigenvalue weighted by Crippen LogP contribution is 2.18. The second-order valence-corrected chi connectivity index (χ2v) is 6.23. The highest BCUT2D eigenvalue weighted by Gasteiger charge is 2.16. The number of hydrogen-bond acceptors (Lipinski definition) is 5. The molecule has 0 bridgehead atoms. The Bertz CT molecular complexity index is 953. The number of fused-ring (bicyclic) bond motifs is 1. The van der Waals surface area contributed by atoms with Crippen molar-refractivity contribution in [1.82, 2.24) is 19.6 Å². The maximum absolute atomic E-state index is 13.2. The van der Waals surface area contributed by atoms with Crippen molar-refractivity contribution in [3.05, 3.63) is 46.8 Å². The van der Waals surface area contributed by atoms with Crippen LogP contribution in [0.2, 0.25) is 0 Å². The van der Waals surface area contributed by atoms with Gasteiger partial charge in [-0.25, -0.2) is 18.3 Å². The quantitative estimate of drug-likeness (QED) is 0.722. The van der Waals surface area contributed by atoms with Gasteiger partial charge in [-0.1, -0.05) is 11.8 Å². The van der Waals surface area contributed by atoms with Crippen molar-refractivity contribution >= 4 is 29.1 Å². The first kappa shape index (κ1) is 17.3. The standard InChI is InChI=1S/C16H15F2N5OS/c1-8-13(9(2)23-15(19-8)21-16(22-23)25-3)7-14(24)20-12-5-10(17)4-11(18)6-12/h4-6H,7H2,1-3H3,(H,20,24). The van der Waals surface area contributed by atoms with Gasteiger partial charge >= 0.3 is 0 Å². The summed E-state index contributed by atoms with van der Waals surface area (Å²) in [6.07, 6.45) is 1.87. The number of carbonyl (C=O) groups excluding carboxylic acids is 1. The molecule has 0 aliphatic rings. The van der Waals surface area contributed by atoms with E-state index in [2.05, 4.69) is 20.4 Å². The zero-order valence-electron chi connectivity index (χ0n) is 13.8. The normalized spacial score (nSPS) is 11.1. The Kier molecular flexibility index (Phi) is 4.67. The van der Waals surface area contributed by atoms with Crippen LogP contribution in [0.3, 0.4) is 0 Å². The predicted molar refractivity (Wildman–Crippen MR) is 90.7 cm³/mol. The fraction of sp³-hybridized carbons (Fsp3) is 0.250. The molecular weight excluding hydrogens is 348 g/mol. The van der Waals surface area contributed by atoms with Gasteiger partial charge in [-0.05, 0) is 32.2 Å². The molecule has 6 nitrogen and oxygen atoms in total. The van der Waals surface area contributed by atoms with Gasteiger partial charge in [0.05, 0.1) is 6.42 Å². The van der Waals surface area contributed by atoms with E-state index >= 15 is 0 Å². The first-order valence-corrected chi connectivity index (χ1v) is 8.62. The van der Waals surface area contributed by atoms with Crippen molar-refractivity contribution < 1.29 is 13.6 Å². The number of thioether (sulfide) groups is 1. The molecule has 0 saturated heterocycles. The smallest absolute Gasteiger partial charge is 0.253 e. The molecule has 25 heavy (non-hydrogen) atoms. The van der Waals surface area contributed by atoms with Crippen LogP contribution in [-0.2, 0) is 11.2 Å². The molecule has 0 saturated carbocycles. The third-order valence-electron chi connectivity index (χ3n) is 3.70. The Morgan fingerprint density at radius 1 is 1.20 bits per heavy atom. The summed E-state index contributed by atoms with van der Waals surface area (Å²) in [5.74, 6) is -1.44. The molecule has 0 fully saturated rings. The molecule has 3 aromatic rings. The van der Waals surface area contributed by atoms with E-state index in [-0.39, 0.29) is 12.1 Å². The van der Waals surface area contributed by atoms with Gasteiger partial charge < -0.3 is 5.32 Å². The summed E-state index contributed by atoms with van der Waals surface area (Å²) >= 11 is 1.40. The molecule has 1 aromatic carbocycles. The van der Waals surface area contributed by atoms with Crippen LogP contribution in [0.1, 0.15) is 17.0 Å². The monoisotopic (exact) mass is 363 g/mol. The number of hydrogen-bond donors (Lipinski definition) is 1. The first-order valence-electron chi connectivity index (χ1n) is 7.40. The Labute approximate surface area is 146 Å². The molecule has 9 heteroatoms. The number of nitrogens with one attached hydrogen (secondary N) is 1. The van der Waals surface area contributed by atoms with Crippen LogP contribution >= 0.6 is 11.8 Å². The summed E-state index contributed by atoms with van der Waals surface area (Å²) in [4.78, 5) is 20.9. The van der Waals surface area contributed by atoms with Crippen LogP contribution in [-0.4, -0.2) is 31.7 Å². The van der Waals surface area contributed by atoms with Gasteiger partial charge in [0, 0.05) is 28.7 Å². The highest BCUT2D eigenvalue weighted by atomic mass is 32.2. The van der Waals surface area contributed by atoms with Crippen LogP contribution in [0.4, 0.5) is 14.5 Å². The van der Waals surface area contributed by atoms with Crippen molar-refractivity contribution in [3.63, 3.8) is 0 Å². The summed E-state index contributed by atoms with van der Waals surface area (Å²) in [5, 5.41) is 7.41. The van der Waals surface area contributed by atoms with Gasteiger partial charge in [-0.3, -0.25) is 4.79 Å². The maximum atomic E-state index is 13.2. The average molecular weight is 363 g/mol. The van der Waals surface area contributed by atoms with Crippen molar-refractivity contribution in [2.45, 2.75) is 25.4 Å². The van der Waals surface area contributed by atoms with Crippen LogP contribution in [0, 0.1) is 25.5 Å². The lowest BCUT2D eigenvalue weighted by molar-refractivity contribution is -0.115. The van der Waals surface area contributed by atoms with Gasteiger partial charge in [0.1, 0.15) is 11.6 Å². The number of halogens is 2. The van der Waals surface area contributed by atoms with Gasteiger partial charge in [0.25, 0.3) is 5.78 Å². The molecule has 1 N–H and O–H groups in total. The summed E-state index contributed by atoms with van der Waals surface area (Å²) < 4.78 is 28.0. The van der Waals surface area contributed by atoms with E-state index in [0.29, 0.717) is 22.2 Å². The highest BCUT2D eigenvalue weighted by molar-refractivity contribution is 7.98. The van der Waals surface area contributed by atoms with Gasteiger partial charge in [0.15, 0.2) is 0 Å². The Morgan fingerprint density at radius 2 is 1.88 bits per heavy atom. The van der Waals surface area contributed by atoms with Crippen LogP contribution in [0.5, 0.6) is 0 Å². The molecule has 0 atom stereocenters. The van der Waals surface area contributed by atoms with E-state index in [4.69, 9.17) is 0 Å².